The van der Waals surface area contributed by atoms with Crippen molar-refractivity contribution in [2.45, 2.75) is 17.9 Å². The number of amides is 1. The summed E-state index contributed by atoms with van der Waals surface area (Å²) >= 11 is 6.28. The molecule has 35 heavy (non-hydrogen) atoms. The minimum Gasteiger partial charge on any atom is -0.482 e. The fraction of sp³-hybridized carbons (Fsp3) is 0.200. The average molecular weight is 515 g/mol. The highest BCUT2D eigenvalue weighted by atomic mass is 35.5. The van der Waals surface area contributed by atoms with E-state index in [1.807, 2.05) is 24.3 Å². The van der Waals surface area contributed by atoms with Crippen molar-refractivity contribution in [3.8, 4) is 5.75 Å². The number of nitrogens with one attached hydrogen (secondary N) is 1. The molecule has 1 amide bonds. The fourth-order valence-electron chi connectivity index (χ4n) is 3.79. The fourth-order valence-corrected chi connectivity index (χ4v) is 5.54. The third-order valence-corrected chi connectivity index (χ3v) is 7.74. The molecule has 4 rings (SSSR count). The number of anilines is 1. The molecule has 0 aromatic heterocycles. The molecule has 0 radical (unpaired) electrons. The topological polar surface area (TPSA) is 102 Å². The Bertz CT molecular complexity index is 1380. The van der Waals surface area contributed by atoms with Crippen molar-refractivity contribution < 1.29 is 27.5 Å². The molecular formula is C25H23ClN2O6S. The van der Waals surface area contributed by atoms with E-state index in [1.54, 1.807) is 18.2 Å². The molecule has 8 nitrogen and oxygen atoms in total. The average Bonchev–Trinajstić information content (AvgIpc) is 2.87. The molecule has 0 bridgehead atoms. The van der Waals surface area contributed by atoms with Crippen LogP contribution in [0.15, 0.2) is 71.6 Å². The number of methoxy groups -OCH3 is 1. The summed E-state index contributed by atoms with van der Waals surface area (Å²) in [7, 11) is -2.51. The van der Waals surface area contributed by atoms with Gasteiger partial charge in [0, 0.05) is 13.1 Å². The van der Waals surface area contributed by atoms with Crippen LogP contribution in [-0.4, -0.2) is 44.9 Å². The van der Waals surface area contributed by atoms with Gasteiger partial charge in [0.2, 0.25) is 10.0 Å². The number of hydrogen-bond acceptors (Lipinski definition) is 6. The Morgan fingerprint density at radius 1 is 1.03 bits per heavy atom. The minimum atomic E-state index is -3.76. The molecule has 1 aliphatic rings. The molecule has 0 unspecified atom stereocenters. The van der Waals surface area contributed by atoms with Gasteiger partial charge >= 0.3 is 5.97 Å². The molecule has 1 aliphatic heterocycles. The van der Waals surface area contributed by atoms with E-state index in [0.29, 0.717) is 19.5 Å². The molecule has 0 saturated carbocycles. The maximum atomic E-state index is 13.2. The number of carbonyl (C=O) groups is 2. The summed E-state index contributed by atoms with van der Waals surface area (Å²) in [6, 6.07) is 18.3. The van der Waals surface area contributed by atoms with Crippen molar-refractivity contribution in [2.75, 3.05) is 25.6 Å². The lowest BCUT2D eigenvalue weighted by molar-refractivity contribution is -0.118. The first kappa shape index (κ1) is 24.7. The molecule has 3 aromatic rings. The molecule has 182 valence electrons. The summed E-state index contributed by atoms with van der Waals surface area (Å²) in [6.07, 6.45) is 0.637. The summed E-state index contributed by atoms with van der Waals surface area (Å²) in [4.78, 5) is 24.3. The lowest BCUT2D eigenvalue weighted by Gasteiger charge is -2.28. The van der Waals surface area contributed by atoms with Gasteiger partial charge in [-0.15, -0.1) is 0 Å². The third kappa shape index (κ3) is 5.48. The van der Waals surface area contributed by atoms with Crippen molar-refractivity contribution in [2.24, 2.45) is 0 Å². The molecule has 0 fully saturated rings. The summed E-state index contributed by atoms with van der Waals surface area (Å²) in [5.41, 5.74) is 2.61. The number of nitrogens with zero attached hydrogens (tertiary/aromatic N) is 1. The predicted molar refractivity (Wildman–Crippen MR) is 131 cm³/mol. The number of sulfonamides is 1. The van der Waals surface area contributed by atoms with Gasteiger partial charge in [-0.1, -0.05) is 48.0 Å². The zero-order valence-corrected chi connectivity index (χ0v) is 20.4. The smallest absolute Gasteiger partial charge is 0.339 e. The highest BCUT2D eigenvalue weighted by Crippen LogP contribution is 2.31. The van der Waals surface area contributed by atoms with Gasteiger partial charge in [0.15, 0.2) is 6.61 Å². The zero-order chi connectivity index (χ0) is 25.0. The normalized spacial score (nSPS) is 13.5. The van der Waals surface area contributed by atoms with Gasteiger partial charge in [-0.05, 0) is 47.9 Å². The SMILES string of the molecule is COC(=O)c1ccccc1NC(=O)COc1ccc(S(=O)(=O)N2CCc3ccccc3C2)cc1Cl. The second-order valence-corrected chi connectivity index (χ2v) is 10.2. The lowest BCUT2D eigenvalue weighted by Crippen LogP contribution is -2.35. The Morgan fingerprint density at radius 2 is 1.74 bits per heavy atom. The number of hydrogen-bond donors (Lipinski definition) is 1. The molecule has 0 spiro atoms. The predicted octanol–water partition coefficient (Wildman–Crippen LogP) is 3.89. The van der Waals surface area contributed by atoms with Gasteiger partial charge in [-0.25, -0.2) is 13.2 Å². The van der Waals surface area contributed by atoms with E-state index in [2.05, 4.69) is 5.32 Å². The van der Waals surface area contributed by atoms with E-state index >= 15 is 0 Å². The van der Waals surface area contributed by atoms with E-state index in [9.17, 15) is 18.0 Å². The van der Waals surface area contributed by atoms with E-state index in [-0.39, 0.29) is 26.9 Å². The van der Waals surface area contributed by atoms with E-state index in [1.165, 1.54) is 35.7 Å². The second-order valence-electron chi connectivity index (χ2n) is 7.82. The van der Waals surface area contributed by atoms with Crippen LogP contribution in [0.5, 0.6) is 5.75 Å². The molecular weight excluding hydrogens is 492 g/mol. The summed E-state index contributed by atoms with van der Waals surface area (Å²) in [5.74, 6) is -0.953. The Morgan fingerprint density at radius 3 is 2.49 bits per heavy atom. The maximum Gasteiger partial charge on any atom is 0.339 e. The summed E-state index contributed by atoms with van der Waals surface area (Å²) in [6.45, 7) is 0.272. The van der Waals surface area contributed by atoms with Crippen LogP contribution in [0.1, 0.15) is 21.5 Å². The van der Waals surface area contributed by atoms with Crippen LogP contribution in [0.25, 0.3) is 0 Å². The van der Waals surface area contributed by atoms with Gasteiger partial charge in [-0.2, -0.15) is 4.31 Å². The largest absolute Gasteiger partial charge is 0.482 e. The zero-order valence-electron chi connectivity index (χ0n) is 18.9. The van der Waals surface area contributed by atoms with Crippen LogP contribution in [0.3, 0.4) is 0 Å². The molecule has 0 atom stereocenters. The van der Waals surface area contributed by atoms with Crippen LogP contribution in [0, 0.1) is 0 Å². The van der Waals surface area contributed by atoms with Crippen molar-refractivity contribution in [1.29, 1.82) is 0 Å². The Labute approximate surface area is 208 Å². The first-order chi connectivity index (χ1) is 16.8. The summed E-state index contributed by atoms with van der Waals surface area (Å²) < 4.78 is 38.0. The van der Waals surface area contributed by atoms with Crippen LogP contribution in [-0.2, 0) is 32.5 Å². The highest BCUT2D eigenvalue weighted by molar-refractivity contribution is 7.89. The van der Waals surface area contributed by atoms with Crippen molar-refractivity contribution in [1.82, 2.24) is 4.31 Å². The van der Waals surface area contributed by atoms with Gasteiger partial charge in [0.25, 0.3) is 5.91 Å². The number of halogens is 1. The number of esters is 1. The third-order valence-electron chi connectivity index (χ3n) is 5.60. The van der Waals surface area contributed by atoms with Crippen molar-refractivity contribution in [3.05, 3.63) is 88.4 Å². The highest BCUT2D eigenvalue weighted by Gasteiger charge is 2.28. The second kappa shape index (κ2) is 10.5. The minimum absolute atomic E-state index is 0.0469. The van der Waals surface area contributed by atoms with Gasteiger partial charge in [-0.3, -0.25) is 4.79 Å². The number of fused-ring (bicyclic) bond motifs is 1. The molecule has 0 aliphatic carbocycles. The molecule has 0 saturated heterocycles. The van der Waals surface area contributed by atoms with Gasteiger partial charge in [0.1, 0.15) is 5.75 Å². The first-order valence-corrected chi connectivity index (χ1v) is 12.6. The first-order valence-electron chi connectivity index (χ1n) is 10.8. The Hall–Kier alpha value is -3.40. The van der Waals surface area contributed by atoms with Gasteiger partial charge < -0.3 is 14.8 Å². The number of para-hydroxylation sites is 1. The lowest BCUT2D eigenvalue weighted by atomic mass is 10.0. The van der Waals surface area contributed by atoms with Gasteiger partial charge in [0.05, 0.1) is 28.3 Å². The Kier molecular flexibility index (Phi) is 7.39. The molecule has 3 aromatic carbocycles. The number of benzene rings is 3. The van der Waals surface area contributed by atoms with Crippen LogP contribution in [0.4, 0.5) is 5.69 Å². The molecule has 1 N–H and O–H groups in total. The van der Waals surface area contributed by atoms with E-state index in [4.69, 9.17) is 21.1 Å². The number of rotatable bonds is 7. The van der Waals surface area contributed by atoms with Crippen LogP contribution < -0.4 is 10.1 Å². The van der Waals surface area contributed by atoms with E-state index in [0.717, 1.165) is 11.1 Å². The molecule has 1 heterocycles. The summed E-state index contributed by atoms with van der Waals surface area (Å²) in [5, 5.41) is 2.65. The van der Waals surface area contributed by atoms with Crippen LogP contribution in [0.2, 0.25) is 5.02 Å². The molecule has 10 heteroatoms. The van der Waals surface area contributed by atoms with Crippen molar-refractivity contribution >= 4 is 39.2 Å². The number of carbonyl (C=O) groups excluding carboxylic acids is 2. The Balaban J connectivity index is 1.42. The standard InChI is InChI=1S/C25H23ClN2O6S/c1-33-25(30)20-8-4-5-9-22(20)27-24(29)16-34-23-11-10-19(14-21(23)26)35(31,32)28-13-12-17-6-2-3-7-18(17)15-28/h2-11,14H,12-13,15-16H2,1H3,(H,27,29). The van der Waals surface area contributed by atoms with E-state index < -0.39 is 28.5 Å². The number of ether oxygens (including phenoxy) is 2. The van der Waals surface area contributed by atoms with Crippen LogP contribution >= 0.6 is 11.6 Å². The van der Waals surface area contributed by atoms with Crippen molar-refractivity contribution in [3.63, 3.8) is 0 Å². The monoisotopic (exact) mass is 514 g/mol. The maximum absolute atomic E-state index is 13.2. The quantitative estimate of drug-likeness (QED) is 0.480.